The first-order chi connectivity index (χ1) is 15.0. The summed E-state index contributed by atoms with van der Waals surface area (Å²) in [5.41, 5.74) is 1.73. The second kappa shape index (κ2) is 8.57. The Bertz CT molecular complexity index is 1230. The fraction of sp³-hybridized carbons (Fsp3) is 0.143. The number of aromatic nitrogens is 2. The van der Waals surface area contributed by atoms with Gasteiger partial charge in [-0.15, -0.1) is 20.5 Å². The Labute approximate surface area is 175 Å². The third-order valence-corrected chi connectivity index (χ3v) is 4.62. The molecule has 4 rings (SSSR count). The van der Waals surface area contributed by atoms with Gasteiger partial charge in [-0.1, -0.05) is 36.4 Å². The quantitative estimate of drug-likeness (QED) is 0.319. The summed E-state index contributed by atoms with van der Waals surface area (Å²) in [5, 5.41) is 36.0. The molecule has 10 nitrogen and oxygen atoms in total. The molecule has 4 N–H and O–H groups in total. The minimum absolute atomic E-state index is 0.00773. The molecule has 2 aromatic heterocycles. The number of aromatic hydroxyl groups is 2. The summed E-state index contributed by atoms with van der Waals surface area (Å²) in [6.07, 6.45) is 0.202. The van der Waals surface area contributed by atoms with Crippen LogP contribution in [0.5, 0.6) is 11.8 Å². The predicted octanol–water partition coefficient (Wildman–Crippen LogP) is 5.15. The number of azo groups is 2. The van der Waals surface area contributed by atoms with E-state index >= 15 is 0 Å². The van der Waals surface area contributed by atoms with E-state index in [0.717, 1.165) is 0 Å². The molecule has 0 spiro atoms. The Kier molecular flexibility index (Phi) is 5.52. The number of amides is 2. The van der Waals surface area contributed by atoms with Gasteiger partial charge in [-0.05, 0) is 18.6 Å². The number of hydrogen-bond donors (Lipinski definition) is 4. The van der Waals surface area contributed by atoms with Crippen LogP contribution in [0.25, 0.3) is 21.8 Å². The number of H-pyrrole nitrogens is 2. The molecule has 4 aromatic rings. The molecule has 2 aromatic carbocycles. The van der Waals surface area contributed by atoms with Crippen molar-refractivity contribution in [3.8, 4) is 11.8 Å². The highest BCUT2D eigenvalue weighted by Crippen LogP contribution is 2.36. The van der Waals surface area contributed by atoms with E-state index < -0.39 is 11.8 Å². The molecule has 2 heterocycles. The molecule has 0 atom stereocenters. The number of nitrogens with one attached hydrogen (secondary N) is 2. The molecular formula is C21H18N6O4. The van der Waals surface area contributed by atoms with Crippen molar-refractivity contribution in [3.63, 3.8) is 0 Å². The minimum atomic E-state index is -0.524. The zero-order valence-electron chi connectivity index (χ0n) is 16.2. The van der Waals surface area contributed by atoms with Gasteiger partial charge in [0.25, 0.3) is 11.8 Å². The van der Waals surface area contributed by atoms with Crippen LogP contribution in [-0.2, 0) is 9.59 Å². The average Bonchev–Trinajstić information content (AvgIpc) is 3.25. The largest absolute Gasteiger partial charge is 0.493 e. The van der Waals surface area contributed by atoms with Crippen molar-refractivity contribution in [2.75, 3.05) is 0 Å². The summed E-state index contributed by atoms with van der Waals surface area (Å²) in [4.78, 5) is 29.4. The number of hydrogen-bond acceptors (Lipinski definition) is 6. The van der Waals surface area contributed by atoms with Crippen molar-refractivity contribution in [1.82, 2.24) is 9.97 Å². The van der Waals surface area contributed by atoms with Crippen molar-refractivity contribution in [1.29, 1.82) is 0 Å². The van der Waals surface area contributed by atoms with E-state index in [0.29, 0.717) is 21.8 Å². The average molecular weight is 418 g/mol. The molecule has 0 fully saturated rings. The van der Waals surface area contributed by atoms with Crippen LogP contribution in [0.4, 0.5) is 11.4 Å². The van der Waals surface area contributed by atoms with Gasteiger partial charge >= 0.3 is 0 Å². The van der Waals surface area contributed by atoms with Gasteiger partial charge in [0.05, 0.1) is 11.0 Å². The monoisotopic (exact) mass is 418 g/mol. The number of aromatic amines is 2. The molecule has 0 unspecified atom stereocenters. The van der Waals surface area contributed by atoms with Gasteiger partial charge < -0.3 is 20.2 Å². The van der Waals surface area contributed by atoms with Crippen LogP contribution >= 0.6 is 0 Å². The normalized spacial score (nSPS) is 11.9. The number of nitrogens with zero attached hydrogens (tertiary/aromatic N) is 4. The van der Waals surface area contributed by atoms with Crippen LogP contribution in [-0.4, -0.2) is 32.0 Å². The van der Waals surface area contributed by atoms with Crippen molar-refractivity contribution in [2.24, 2.45) is 20.5 Å². The lowest BCUT2D eigenvalue weighted by molar-refractivity contribution is -0.119. The first-order valence-electron chi connectivity index (χ1n) is 9.51. The molecular weight excluding hydrogens is 400 g/mol. The molecule has 31 heavy (non-hydrogen) atoms. The second-order valence-corrected chi connectivity index (χ2v) is 6.78. The Morgan fingerprint density at radius 1 is 0.710 bits per heavy atom. The Balaban J connectivity index is 1.31. The van der Waals surface area contributed by atoms with Crippen molar-refractivity contribution >= 4 is 45.0 Å². The fourth-order valence-electron chi connectivity index (χ4n) is 3.13. The molecule has 0 saturated carbocycles. The molecule has 0 bridgehead atoms. The minimum Gasteiger partial charge on any atom is -0.493 e. The topological polar surface area (TPSA) is 156 Å². The predicted molar refractivity (Wildman–Crippen MR) is 113 cm³/mol. The lowest BCUT2D eigenvalue weighted by Gasteiger charge is -1.94. The Hall–Kier alpha value is -4.34. The van der Waals surface area contributed by atoms with Crippen molar-refractivity contribution in [2.45, 2.75) is 19.3 Å². The second-order valence-electron chi connectivity index (χ2n) is 6.78. The van der Waals surface area contributed by atoms with Crippen LogP contribution in [0.15, 0.2) is 69.0 Å². The van der Waals surface area contributed by atoms with Crippen LogP contribution in [0.3, 0.4) is 0 Å². The van der Waals surface area contributed by atoms with E-state index in [-0.39, 0.29) is 42.4 Å². The van der Waals surface area contributed by atoms with Gasteiger partial charge in [-0.25, -0.2) is 0 Å². The summed E-state index contributed by atoms with van der Waals surface area (Å²) >= 11 is 0. The SMILES string of the molecule is O=C(CCCC(=O)N=Nc1c(O)[nH]c2ccccc12)N=Nc1c(O)[nH]c2ccccc12. The first kappa shape index (κ1) is 20.0. The van der Waals surface area contributed by atoms with E-state index in [9.17, 15) is 19.8 Å². The standard InChI is InChI=1S/C21H18N6O4/c28-16(24-26-18-12-6-1-3-8-14(12)22-20(18)30)10-5-11-17(29)25-27-19-13-7-2-4-9-15(13)23-21(19)31/h1-4,6-9,22-23,30-31H,5,10-11H2. The van der Waals surface area contributed by atoms with Crippen LogP contribution < -0.4 is 0 Å². The smallest absolute Gasteiger partial charge is 0.264 e. The summed E-state index contributed by atoms with van der Waals surface area (Å²) in [6.45, 7) is 0. The maximum Gasteiger partial charge on any atom is 0.264 e. The maximum absolute atomic E-state index is 11.9. The highest BCUT2D eigenvalue weighted by Gasteiger charge is 2.12. The van der Waals surface area contributed by atoms with E-state index in [1.807, 2.05) is 0 Å². The van der Waals surface area contributed by atoms with Gasteiger partial charge in [-0.3, -0.25) is 9.59 Å². The summed E-state index contributed by atoms with van der Waals surface area (Å²) in [6, 6.07) is 14.2. The van der Waals surface area contributed by atoms with E-state index in [1.54, 1.807) is 48.5 Å². The lowest BCUT2D eigenvalue weighted by Crippen LogP contribution is -1.96. The van der Waals surface area contributed by atoms with Gasteiger partial charge in [0, 0.05) is 23.6 Å². The van der Waals surface area contributed by atoms with E-state index in [4.69, 9.17) is 0 Å². The maximum atomic E-state index is 11.9. The molecule has 0 aliphatic heterocycles. The third kappa shape index (κ3) is 4.32. The highest BCUT2D eigenvalue weighted by atomic mass is 16.3. The van der Waals surface area contributed by atoms with Gasteiger partial charge in [0.1, 0.15) is 0 Å². The fourth-order valence-corrected chi connectivity index (χ4v) is 3.13. The van der Waals surface area contributed by atoms with Crippen LogP contribution in [0, 0.1) is 0 Å². The highest BCUT2D eigenvalue weighted by molar-refractivity contribution is 5.95. The third-order valence-electron chi connectivity index (χ3n) is 4.62. The number of rotatable bonds is 6. The molecule has 156 valence electrons. The van der Waals surface area contributed by atoms with E-state index in [1.165, 1.54) is 0 Å². The molecule has 0 aliphatic rings. The number of carbonyl (C=O) groups is 2. The zero-order chi connectivity index (χ0) is 21.8. The lowest BCUT2D eigenvalue weighted by atomic mass is 10.2. The number of benzene rings is 2. The Morgan fingerprint density at radius 2 is 1.13 bits per heavy atom. The first-order valence-corrected chi connectivity index (χ1v) is 9.51. The van der Waals surface area contributed by atoms with Crippen molar-refractivity contribution < 1.29 is 19.8 Å². The summed E-state index contributed by atoms with van der Waals surface area (Å²) < 4.78 is 0. The molecule has 0 radical (unpaired) electrons. The van der Waals surface area contributed by atoms with Gasteiger partial charge in [-0.2, -0.15) is 0 Å². The van der Waals surface area contributed by atoms with Crippen LogP contribution in [0.2, 0.25) is 0 Å². The molecule has 0 saturated heterocycles. The van der Waals surface area contributed by atoms with Crippen LogP contribution in [0.1, 0.15) is 19.3 Å². The number of carbonyl (C=O) groups excluding carboxylic acids is 2. The van der Waals surface area contributed by atoms with Gasteiger partial charge in [0.2, 0.25) is 11.8 Å². The molecule has 10 heteroatoms. The van der Waals surface area contributed by atoms with Gasteiger partial charge in [0.15, 0.2) is 11.4 Å². The molecule has 0 aliphatic carbocycles. The van der Waals surface area contributed by atoms with E-state index in [2.05, 4.69) is 30.4 Å². The number of para-hydroxylation sites is 2. The molecule has 2 amide bonds. The Morgan fingerprint density at radius 3 is 1.58 bits per heavy atom. The van der Waals surface area contributed by atoms with Crippen molar-refractivity contribution in [3.05, 3.63) is 48.5 Å². The summed E-state index contributed by atoms with van der Waals surface area (Å²) in [5.74, 6) is -1.39. The zero-order valence-corrected chi connectivity index (χ0v) is 16.2. The number of fused-ring (bicyclic) bond motifs is 2. The summed E-state index contributed by atoms with van der Waals surface area (Å²) in [7, 11) is 0.